The van der Waals surface area contributed by atoms with Gasteiger partial charge < -0.3 is 14.2 Å². The van der Waals surface area contributed by atoms with Gasteiger partial charge in [-0.05, 0) is 6.04 Å². The lowest BCUT2D eigenvalue weighted by atomic mass is 10.4. The number of hydrogen-bond acceptors (Lipinski definition) is 5. The first kappa shape index (κ1) is 18.7. The smallest absolute Gasteiger partial charge is 0.299 e. The van der Waals surface area contributed by atoms with Crippen molar-refractivity contribution < 1.29 is 14.2 Å². The van der Waals surface area contributed by atoms with Gasteiger partial charge in [-0.2, -0.15) is 4.98 Å². The molecule has 0 saturated carbocycles. The zero-order valence-corrected chi connectivity index (χ0v) is 16.1. The molecule has 0 bridgehead atoms. The minimum absolute atomic E-state index is 0.428. The van der Waals surface area contributed by atoms with Gasteiger partial charge in [-0.3, -0.25) is 9.47 Å². The van der Waals surface area contributed by atoms with Crippen LogP contribution in [-0.4, -0.2) is 68.6 Å². The second-order valence-electron chi connectivity index (χ2n) is 6.97. The van der Waals surface area contributed by atoms with Gasteiger partial charge in [-0.15, -0.1) is 0 Å². The Morgan fingerprint density at radius 3 is 2.70 bits per heavy atom. The van der Waals surface area contributed by atoms with Gasteiger partial charge in [0.25, 0.3) is 6.01 Å². The highest BCUT2D eigenvalue weighted by Gasteiger charge is 2.14. The van der Waals surface area contributed by atoms with Gasteiger partial charge in [0.05, 0.1) is 13.2 Å². The molecule has 23 heavy (non-hydrogen) atoms. The van der Waals surface area contributed by atoms with E-state index in [0.29, 0.717) is 24.5 Å². The number of imidazole rings is 1. The Balaban J connectivity index is 1.73. The molecule has 2 heterocycles. The van der Waals surface area contributed by atoms with Crippen LogP contribution in [0.1, 0.15) is 0 Å². The second-order valence-corrected chi connectivity index (χ2v) is 13.0. The molecular weight excluding hydrogens is 334 g/mol. The van der Waals surface area contributed by atoms with Crippen molar-refractivity contribution in [2.45, 2.75) is 32.4 Å². The van der Waals surface area contributed by atoms with Crippen molar-refractivity contribution in [3.8, 4) is 6.01 Å². The maximum absolute atomic E-state index is 5.99. The van der Waals surface area contributed by atoms with Crippen LogP contribution < -0.4 is 4.74 Å². The zero-order chi connectivity index (χ0) is 16.7. The maximum atomic E-state index is 5.99. The third kappa shape index (κ3) is 7.22. The van der Waals surface area contributed by atoms with Crippen molar-refractivity contribution >= 4 is 19.7 Å². The Morgan fingerprint density at radius 2 is 2.00 bits per heavy atom. The summed E-state index contributed by atoms with van der Waals surface area (Å²) in [7, 11) is -1.07. The minimum atomic E-state index is -1.07. The highest BCUT2D eigenvalue weighted by Crippen LogP contribution is 2.16. The molecule has 0 radical (unpaired) electrons. The third-order valence-electron chi connectivity index (χ3n) is 3.68. The number of ether oxygens (including phenoxy) is 3. The van der Waals surface area contributed by atoms with Crippen LogP contribution in [0.15, 0.2) is 6.20 Å². The highest BCUT2D eigenvalue weighted by atomic mass is 35.5. The van der Waals surface area contributed by atoms with E-state index >= 15 is 0 Å². The molecule has 0 aliphatic carbocycles. The van der Waals surface area contributed by atoms with Crippen LogP contribution >= 0.6 is 11.6 Å². The van der Waals surface area contributed by atoms with Gasteiger partial charge in [-0.1, -0.05) is 31.2 Å². The molecule has 8 heteroatoms. The minimum Gasteiger partial charge on any atom is -0.463 e. The molecule has 0 amide bonds. The van der Waals surface area contributed by atoms with Gasteiger partial charge in [-0.25, -0.2) is 0 Å². The molecule has 0 atom stereocenters. The first-order chi connectivity index (χ1) is 10.9. The largest absolute Gasteiger partial charge is 0.463 e. The lowest BCUT2D eigenvalue weighted by Crippen LogP contribution is -2.38. The van der Waals surface area contributed by atoms with Crippen LogP contribution in [0.4, 0.5) is 0 Å². The van der Waals surface area contributed by atoms with Crippen LogP contribution in [-0.2, 0) is 16.2 Å². The van der Waals surface area contributed by atoms with E-state index in [1.54, 1.807) is 6.20 Å². The molecule has 1 aromatic heterocycles. The lowest BCUT2D eigenvalue weighted by Gasteiger charge is -2.26. The Bertz CT molecular complexity index is 473. The Morgan fingerprint density at radius 1 is 1.26 bits per heavy atom. The molecule has 6 nitrogen and oxygen atoms in total. The molecule has 1 aliphatic rings. The van der Waals surface area contributed by atoms with E-state index in [0.717, 1.165) is 45.5 Å². The summed E-state index contributed by atoms with van der Waals surface area (Å²) in [4.78, 5) is 6.53. The average Bonchev–Trinajstić information content (AvgIpc) is 2.84. The van der Waals surface area contributed by atoms with Crippen molar-refractivity contribution in [3.63, 3.8) is 0 Å². The molecule has 0 N–H and O–H groups in total. The molecule has 0 aromatic carbocycles. The fourth-order valence-corrected chi connectivity index (χ4v) is 3.15. The summed E-state index contributed by atoms with van der Waals surface area (Å²) >= 11 is 5.99. The van der Waals surface area contributed by atoms with Gasteiger partial charge in [0.15, 0.2) is 5.15 Å². The van der Waals surface area contributed by atoms with Crippen LogP contribution in [0.25, 0.3) is 0 Å². The van der Waals surface area contributed by atoms with Crippen LogP contribution in [0.5, 0.6) is 6.01 Å². The van der Waals surface area contributed by atoms with Gasteiger partial charge in [0.1, 0.15) is 13.3 Å². The van der Waals surface area contributed by atoms with E-state index in [2.05, 4.69) is 29.5 Å². The Hall–Kier alpha value is -0.603. The first-order valence-corrected chi connectivity index (χ1v) is 12.3. The summed E-state index contributed by atoms with van der Waals surface area (Å²) in [6.45, 7) is 13.2. The summed E-state index contributed by atoms with van der Waals surface area (Å²) in [5, 5.41) is 0.431. The Labute approximate surface area is 144 Å². The van der Waals surface area contributed by atoms with Crippen LogP contribution in [0.2, 0.25) is 30.8 Å². The SMILES string of the molecule is C[Si](C)(C)CCOCn1cc(Cl)nc1OCCN1CCOCC1. The first-order valence-electron chi connectivity index (χ1n) is 8.17. The van der Waals surface area contributed by atoms with Gasteiger partial charge in [0.2, 0.25) is 0 Å². The molecule has 0 spiro atoms. The fourth-order valence-electron chi connectivity index (χ4n) is 2.21. The normalized spacial score (nSPS) is 16.7. The van der Waals surface area contributed by atoms with E-state index < -0.39 is 8.07 Å². The van der Waals surface area contributed by atoms with E-state index in [9.17, 15) is 0 Å². The van der Waals surface area contributed by atoms with Crippen LogP contribution in [0, 0.1) is 0 Å². The van der Waals surface area contributed by atoms with Gasteiger partial charge >= 0.3 is 0 Å². The molecule has 132 valence electrons. The molecular formula is C15H28ClN3O3Si. The fraction of sp³-hybridized carbons (Fsp3) is 0.800. The Kier molecular flexibility index (Phi) is 7.35. The molecule has 1 aromatic rings. The summed E-state index contributed by atoms with van der Waals surface area (Å²) in [5.74, 6) is 0. The van der Waals surface area contributed by atoms with Crippen molar-refractivity contribution in [3.05, 3.63) is 11.3 Å². The van der Waals surface area contributed by atoms with Crippen molar-refractivity contribution in [2.24, 2.45) is 0 Å². The monoisotopic (exact) mass is 361 g/mol. The molecule has 1 saturated heterocycles. The number of halogens is 1. The van der Waals surface area contributed by atoms with Crippen molar-refractivity contribution in [1.29, 1.82) is 0 Å². The lowest BCUT2D eigenvalue weighted by molar-refractivity contribution is 0.0302. The third-order valence-corrected chi connectivity index (χ3v) is 5.57. The van der Waals surface area contributed by atoms with Crippen molar-refractivity contribution in [2.75, 3.05) is 46.1 Å². The number of aromatic nitrogens is 2. The predicted molar refractivity (Wildman–Crippen MR) is 94.1 cm³/mol. The number of nitrogens with zero attached hydrogens (tertiary/aromatic N) is 3. The molecule has 0 unspecified atom stereocenters. The van der Waals surface area contributed by atoms with Crippen LogP contribution in [0.3, 0.4) is 0 Å². The van der Waals surface area contributed by atoms with E-state index in [1.807, 2.05) is 4.57 Å². The number of hydrogen-bond donors (Lipinski definition) is 0. The van der Waals surface area contributed by atoms with E-state index in [1.165, 1.54) is 0 Å². The molecule has 1 aliphatic heterocycles. The average molecular weight is 362 g/mol. The zero-order valence-electron chi connectivity index (χ0n) is 14.4. The summed E-state index contributed by atoms with van der Waals surface area (Å²) in [5.41, 5.74) is 0. The highest BCUT2D eigenvalue weighted by molar-refractivity contribution is 6.76. The number of morpholine rings is 1. The van der Waals surface area contributed by atoms with E-state index in [-0.39, 0.29) is 0 Å². The van der Waals surface area contributed by atoms with Gasteiger partial charge in [0, 0.05) is 40.5 Å². The number of rotatable bonds is 9. The standard InChI is InChI=1S/C15H28ClN3O3Si/c1-23(2,3)11-10-21-13-19-12-14(16)17-15(19)22-9-6-18-4-7-20-8-5-18/h12H,4-11,13H2,1-3H3. The predicted octanol–water partition coefficient (Wildman–Crippen LogP) is 2.56. The molecule has 1 fully saturated rings. The topological polar surface area (TPSA) is 48.8 Å². The quantitative estimate of drug-likeness (QED) is 0.499. The maximum Gasteiger partial charge on any atom is 0.299 e. The van der Waals surface area contributed by atoms with Crippen molar-refractivity contribution in [1.82, 2.24) is 14.5 Å². The van der Waals surface area contributed by atoms with E-state index in [4.69, 9.17) is 25.8 Å². The summed E-state index contributed by atoms with van der Waals surface area (Å²) in [6.07, 6.45) is 1.75. The molecule has 2 rings (SSSR count). The summed E-state index contributed by atoms with van der Waals surface area (Å²) < 4.78 is 18.7. The summed E-state index contributed by atoms with van der Waals surface area (Å²) in [6, 6.07) is 1.67. The second kappa shape index (κ2) is 9.03.